The van der Waals surface area contributed by atoms with Gasteiger partial charge in [-0.05, 0) is 126 Å². The molecule has 6 N–H and O–H groups in total. The summed E-state index contributed by atoms with van der Waals surface area (Å²) in [5.74, 6) is 0.795. The summed E-state index contributed by atoms with van der Waals surface area (Å²) in [6.45, 7) is 2.31. The minimum atomic E-state index is -0.654. The SMILES string of the molecule is CCOC(=O)C1CC12CCC(c1nc3c(-c4ccc(-c5ccccc5)nc4)cnn3c(N)c1Br)CC2.Nc1c(Br)c(C2CCC3(CC2)CC3C(=O)O)nc2c(-c3ccc(-c4ccccc4)nc3)cnn12.[Na+].[OH-]. The number of benzene rings is 2. The minimum absolute atomic E-state index is 0. The number of carboxylic acids is 1. The van der Waals surface area contributed by atoms with Gasteiger partial charge in [0.2, 0.25) is 0 Å². The topological polar surface area (TPSA) is 232 Å². The van der Waals surface area contributed by atoms with Gasteiger partial charge in [-0.2, -0.15) is 19.2 Å². The molecule has 15 nitrogen and oxygen atoms in total. The van der Waals surface area contributed by atoms with Crippen LogP contribution in [0.1, 0.15) is 94.4 Å². The minimum Gasteiger partial charge on any atom is -0.870 e. The van der Waals surface area contributed by atoms with Gasteiger partial charge in [0.05, 0.1) is 62.6 Å². The fraction of sp³-hybridized carbons (Fsp3) is 0.333. The Morgan fingerprint density at radius 2 is 1.06 bits per heavy atom. The number of anilines is 2. The Bertz CT molecular complexity index is 3270. The van der Waals surface area contributed by atoms with E-state index in [1.54, 1.807) is 21.4 Å². The number of carboxylic acid groups (broad SMARTS) is 1. The number of esters is 1. The summed E-state index contributed by atoms with van der Waals surface area (Å²) in [5.41, 5.74) is 24.1. The first-order valence-electron chi connectivity index (χ1n) is 24.1. The number of ether oxygens (including phenoxy) is 1. The Balaban J connectivity index is 0.000000173. The summed E-state index contributed by atoms with van der Waals surface area (Å²) in [7, 11) is 0. The fourth-order valence-corrected chi connectivity index (χ4v) is 12.5. The third-order valence-electron chi connectivity index (χ3n) is 15.6. The van der Waals surface area contributed by atoms with Gasteiger partial charge in [0.25, 0.3) is 0 Å². The summed E-state index contributed by atoms with van der Waals surface area (Å²) in [6.07, 6.45) is 16.7. The Labute approximate surface area is 455 Å². The van der Waals surface area contributed by atoms with E-state index in [0.717, 1.165) is 135 Å². The predicted molar refractivity (Wildman–Crippen MR) is 277 cm³/mol. The van der Waals surface area contributed by atoms with E-state index >= 15 is 0 Å². The van der Waals surface area contributed by atoms with Crippen LogP contribution in [0.15, 0.2) is 119 Å². The number of hydrogen-bond donors (Lipinski definition) is 3. The van der Waals surface area contributed by atoms with Crippen LogP contribution >= 0.6 is 31.9 Å². The van der Waals surface area contributed by atoms with E-state index in [2.05, 4.69) is 58.1 Å². The van der Waals surface area contributed by atoms with E-state index < -0.39 is 5.97 Å². The van der Waals surface area contributed by atoms with Gasteiger partial charge in [-0.15, -0.1) is 0 Å². The monoisotopic (exact) mass is 1100 g/mol. The fourth-order valence-electron chi connectivity index (χ4n) is 11.3. The zero-order valence-corrected chi connectivity index (χ0v) is 45.3. The summed E-state index contributed by atoms with van der Waals surface area (Å²) in [5, 5.41) is 18.4. The average Bonchev–Trinajstić information content (AvgIpc) is 4.15. The van der Waals surface area contributed by atoms with E-state index in [1.165, 1.54) is 0 Å². The molecule has 2 aromatic carbocycles. The number of rotatable bonds is 9. The van der Waals surface area contributed by atoms with Crippen molar-refractivity contribution < 1.29 is 54.5 Å². The van der Waals surface area contributed by atoms with Crippen LogP contribution < -0.4 is 41.0 Å². The molecule has 18 heteroatoms. The average molecular weight is 1100 g/mol. The zero-order valence-electron chi connectivity index (χ0n) is 40.1. The second-order valence-electron chi connectivity index (χ2n) is 19.5. The Kier molecular flexibility index (Phi) is 14.8. The van der Waals surface area contributed by atoms with Crippen LogP contribution in [0, 0.1) is 22.7 Å². The molecule has 0 amide bonds. The van der Waals surface area contributed by atoms with Crippen LogP contribution in [0.5, 0.6) is 0 Å². The van der Waals surface area contributed by atoms with Gasteiger partial charge >= 0.3 is 41.5 Å². The molecule has 4 aliphatic rings. The second kappa shape index (κ2) is 20.7. The quantitative estimate of drug-likeness (QED) is 0.0911. The van der Waals surface area contributed by atoms with Crippen molar-refractivity contribution in [2.45, 2.75) is 83.0 Å². The van der Waals surface area contributed by atoms with Crippen molar-refractivity contribution in [3.63, 3.8) is 0 Å². The first kappa shape index (κ1) is 51.3. The standard InChI is InChI=1S/C28H28BrN5O2.C26H24BrN5O2.Na.H2O/c1-2-36-27(35)21-14-28(21)12-10-18(11-13-28)24-23(29)25(30)34-26(33-24)20(16-32-34)19-8-9-22(31-15-19)17-6-4-3-5-7-17;27-21-22(16-8-10-26(11-9-16)12-19(26)25(33)34)31-24-18(14-30-32(24)23(21)28)17-6-7-20(29-13-17)15-4-2-1-3-5-15;;/h3-9,15-16,18,21H,2,10-14,30H2,1H3;1-7,13-14,16,19H,8-12,28H2,(H,33,34);;1H2/q;;+1;/p-1. The number of nitrogens with zero attached hydrogens (tertiary/aromatic N) is 8. The van der Waals surface area contributed by atoms with Gasteiger partial charge in [-0.1, -0.05) is 72.8 Å². The number of aliphatic carboxylic acids is 1. The van der Waals surface area contributed by atoms with Gasteiger partial charge < -0.3 is 26.8 Å². The largest absolute Gasteiger partial charge is 1.00 e. The maximum Gasteiger partial charge on any atom is 1.00 e. The molecule has 2 unspecified atom stereocenters. The maximum atomic E-state index is 12.2. The molecule has 4 saturated carbocycles. The molecule has 72 heavy (non-hydrogen) atoms. The summed E-state index contributed by atoms with van der Waals surface area (Å²) < 4.78 is 10.2. The first-order valence-corrected chi connectivity index (χ1v) is 25.6. The van der Waals surface area contributed by atoms with Crippen LogP contribution in [-0.4, -0.2) is 68.3 Å². The van der Waals surface area contributed by atoms with Crippen molar-refractivity contribution in [2.24, 2.45) is 22.7 Å². The van der Waals surface area contributed by atoms with Gasteiger partial charge in [0, 0.05) is 57.6 Å². The molecule has 4 aliphatic carbocycles. The molecular formula is C54H53Br2N10NaO5. The van der Waals surface area contributed by atoms with Gasteiger partial charge in [-0.25, -0.2) is 9.97 Å². The van der Waals surface area contributed by atoms with Crippen molar-refractivity contribution in [2.75, 3.05) is 18.1 Å². The second-order valence-corrected chi connectivity index (χ2v) is 21.0. The Morgan fingerprint density at radius 1 is 0.639 bits per heavy atom. The van der Waals surface area contributed by atoms with Crippen LogP contribution in [0.3, 0.4) is 0 Å². The Morgan fingerprint density at radius 3 is 1.43 bits per heavy atom. The number of hydrogen-bond acceptors (Lipinski definition) is 12. The number of halogens is 2. The molecule has 4 fully saturated rings. The number of pyridine rings is 2. The van der Waals surface area contributed by atoms with E-state index in [1.807, 2.05) is 98.2 Å². The molecule has 12 rings (SSSR count). The van der Waals surface area contributed by atoms with Crippen LogP contribution in [0.2, 0.25) is 0 Å². The molecular weight excluding hydrogens is 1050 g/mol. The van der Waals surface area contributed by atoms with E-state index in [4.69, 9.17) is 26.2 Å². The first-order chi connectivity index (χ1) is 34.0. The molecule has 8 aromatic rings. The number of aromatic nitrogens is 8. The molecule has 0 saturated heterocycles. The molecule has 364 valence electrons. The van der Waals surface area contributed by atoms with Crippen molar-refractivity contribution in [1.29, 1.82) is 0 Å². The summed E-state index contributed by atoms with van der Waals surface area (Å²) >= 11 is 7.36. The number of nitrogens with two attached hydrogens (primary N) is 2. The summed E-state index contributed by atoms with van der Waals surface area (Å²) in [4.78, 5) is 43.1. The molecule has 0 bridgehead atoms. The smallest absolute Gasteiger partial charge is 0.870 e. The summed E-state index contributed by atoms with van der Waals surface area (Å²) in [6, 6.07) is 28.3. The van der Waals surface area contributed by atoms with Crippen molar-refractivity contribution >= 4 is 66.7 Å². The van der Waals surface area contributed by atoms with Crippen molar-refractivity contribution in [3.05, 3.63) is 130 Å². The van der Waals surface area contributed by atoms with E-state index in [0.29, 0.717) is 23.9 Å². The normalized spacial score (nSPS) is 22.9. The van der Waals surface area contributed by atoms with E-state index in [-0.39, 0.29) is 75.5 Å². The number of carbonyl (C=O) groups excluding carboxylic acids is 1. The Hall–Kier alpha value is -5.56. The van der Waals surface area contributed by atoms with Gasteiger partial charge in [-0.3, -0.25) is 19.6 Å². The van der Waals surface area contributed by atoms with Crippen LogP contribution in [-0.2, 0) is 14.3 Å². The molecule has 6 heterocycles. The number of nitrogen functional groups attached to an aromatic ring is 2. The van der Waals surface area contributed by atoms with Gasteiger partial charge in [0.1, 0.15) is 11.6 Å². The van der Waals surface area contributed by atoms with Crippen LogP contribution in [0.25, 0.3) is 56.1 Å². The zero-order chi connectivity index (χ0) is 48.3. The number of carbonyl (C=O) groups is 2. The van der Waals surface area contributed by atoms with Crippen LogP contribution in [0.4, 0.5) is 11.6 Å². The van der Waals surface area contributed by atoms with E-state index in [9.17, 15) is 14.7 Å². The molecule has 6 aromatic heterocycles. The third kappa shape index (κ3) is 9.48. The molecule has 0 aliphatic heterocycles. The molecule has 2 atom stereocenters. The van der Waals surface area contributed by atoms with Crippen molar-refractivity contribution in [3.8, 4) is 44.8 Å². The third-order valence-corrected chi connectivity index (χ3v) is 17.2. The van der Waals surface area contributed by atoms with Crippen molar-refractivity contribution in [1.82, 2.24) is 39.2 Å². The van der Waals surface area contributed by atoms with Gasteiger partial charge in [0.15, 0.2) is 11.3 Å². The predicted octanol–water partition coefficient (Wildman–Crippen LogP) is 8.41. The molecule has 2 spiro atoms. The number of fused-ring (bicyclic) bond motifs is 2. The molecule has 0 radical (unpaired) electrons. The maximum absolute atomic E-state index is 12.2.